The predicted molar refractivity (Wildman–Crippen MR) is 58.0 cm³/mol. The molecule has 5 heteroatoms. The Bertz CT molecular complexity index is 312. The Morgan fingerprint density at radius 1 is 1.57 bits per heavy atom. The number of aromatic nitrogens is 2. The number of carbonyl (C=O) groups excluding carboxylic acids is 1. The first-order valence-electron chi connectivity index (χ1n) is 4.41. The molecule has 0 spiro atoms. The van der Waals surface area contributed by atoms with E-state index in [1.807, 2.05) is 13.8 Å². The van der Waals surface area contributed by atoms with E-state index in [-0.39, 0.29) is 11.8 Å². The number of carbonyl (C=O) groups is 1. The molecule has 0 aromatic carbocycles. The Morgan fingerprint density at radius 2 is 2.14 bits per heavy atom. The van der Waals surface area contributed by atoms with Crippen LogP contribution in [0.2, 0.25) is 0 Å². The minimum Gasteiger partial charge on any atom is -0.297 e. The van der Waals surface area contributed by atoms with Crippen molar-refractivity contribution in [2.75, 3.05) is 0 Å². The third-order valence-corrected chi connectivity index (χ3v) is 2.38. The van der Waals surface area contributed by atoms with Gasteiger partial charge in [0.15, 0.2) is 5.82 Å². The molecule has 76 valence electrons. The highest BCUT2D eigenvalue weighted by Gasteiger charge is 2.11. The summed E-state index contributed by atoms with van der Waals surface area (Å²) in [4.78, 5) is 19.5. The third kappa shape index (κ3) is 3.13. The number of nitrogens with one attached hydrogen (secondary N) is 1. The summed E-state index contributed by atoms with van der Waals surface area (Å²) in [5.41, 5.74) is 0.957. The molecule has 4 nitrogen and oxygen atoms in total. The summed E-state index contributed by atoms with van der Waals surface area (Å²) in [5.74, 6) is 0.259. The van der Waals surface area contributed by atoms with E-state index < -0.39 is 0 Å². The number of hydrogen-bond acceptors (Lipinski definition) is 4. The molecule has 0 saturated heterocycles. The quantitative estimate of drug-likeness (QED) is 0.599. The van der Waals surface area contributed by atoms with Gasteiger partial charge in [-0.2, -0.15) is 0 Å². The predicted octanol–water partition coefficient (Wildman–Crippen LogP) is 1.13. The maximum atomic E-state index is 11.6. The monoisotopic (exact) mass is 211 g/mol. The van der Waals surface area contributed by atoms with Crippen LogP contribution in [0.1, 0.15) is 29.5 Å². The maximum absolute atomic E-state index is 11.6. The summed E-state index contributed by atoms with van der Waals surface area (Å²) in [7, 11) is 2.39. The van der Waals surface area contributed by atoms with Gasteiger partial charge in [-0.15, -0.1) is 0 Å². The normalized spacial score (nSPS) is 12.5. The standard InChI is InChI=1S/C9H14N3OP/c1-6-4-10-9(11-5-6)8(13)3-7(2)12-14/h4-5,7,12H,3,14H2,1-2H3. The first-order valence-corrected chi connectivity index (χ1v) is 4.99. The molecule has 14 heavy (non-hydrogen) atoms. The number of Topliss-reactive ketones (excluding diaryl/α,β-unsaturated/α-hetero) is 1. The zero-order valence-corrected chi connectivity index (χ0v) is 9.47. The van der Waals surface area contributed by atoms with Crippen molar-refractivity contribution in [1.29, 1.82) is 0 Å². The van der Waals surface area contributed by atoms with Crippen molar-refractivity contribution in [2.45, 2.75) is 26.3 Å². The number of ketones is 1. The first kappa shape index (κ1) is 11.2. The smallest absolute Gasteiger partial charge is 0.201 e. The average Bonchev–Trinajstić information content (AvgIpc) is 2.18. The highest BCUT2D eigenvalue weighted by molar-refractivity contribution is 7.13. The molecule has 0 radical (unpaired) electrons. The molecular weight excluding hydrogens is 197 g/mol. The highest BCUT2D eigenvalue weighted by Crippen LogP contribution is 2.01. The van der Waals surface area contributed by atoms with Crippen LogP contribution in [-0.4, -0.2) is 21.8 Å². The Hall–Kier alpha value is -0.860. The molecule has 2 atom stereocenters. The fourth-order valence-corrected chi connectivity index (χ4v) is 1.08. The number of rotatable bonds is 4. The second-order valence-electron chi connectivity index (χ2n) is 3.28. The molecule has 0 amide bonds. The SMILES string of the molecule is Cc1cnc(C(=O)CC(C)NP)nc1. The van der Waals surface area contributed by atoms with E-state index in [0.717, 1.165) is 5.56 Å². The van der Waals surface area contributed by atoms with Crippen molar-refractivity contribution >= 4 is 15.2 Å². The van der Waals surface area contributed by atoms with Crippen LogP contribution < -0.4 is 5.09 Å². The van der Waals surface area contributed by atoms with Gasteiger partial charge in [0, 0.05) is 24.9 Å². The van der Waals surface area contributed by atoms with Gasteiger partial charge in [0.25, 0.3) is 0 Å². The fourth-order valence-electron chi connectivity index (χ4n) is 0.965. The van der Waals surface area contributed by atoms with Crippen LogP contribution in [0.5, 0.6) is 0 Å². The summed E-state index contributed by atoms with van der Waals surface area (Å²) >= 11 is 0. The molecular formula is C9H14N3OP. The van der Waals surface area contributed by atoms with Crippen molar-refractivity contribution < 1.29 is 4.79 Å². The summed E-state index contributed by atoms with van der Waals surface area (Å²) in [6.45, 7) is 3.82. The van der Waals surface area contributed by atoms with Gasteiger partial charge >= 0.3 is 0 Å². The van der Waals surface area contributed by atoms with Crippen molar-refractivity contribution in [3.8, 4) is 0 Å². The second-order valence-corrected chi connectivity index (χ2v) is 3.61. The zero-order valence-electron chi connectivity index (χ0n) is 8.32. The van der Waals surface area contributed by atoms with Crippen LogP contribution in [-0.2, 0) is 0 Å². The Morgan fingerprint density at radius 3 is 2.64 bits per heavy atom. The Balaban J connectivity index is 2.65. The van der Waals surface area contributed by atoms with E-state index in [1.165, 1.54) is 0 Å². The van der Waals surface area contributed by atoms with Crippen LogP contribution in [0.3, 0.4) is 0 Å². The molecule has 1 rings (SSSR count). The van der Waals surface area contributed by atoms with E-state index in [1.54, 1.807) is 12.4 Å². The van der Waals surface area contributed by atoms with Gasteiger partial charge in [-0.25, -0.2) is 9.97 Å². The van der Waals surface area contributed by atoms with Crippen LogP contribution >= 0.6 is 9.39 Å². The molecule has 2 unspecified atom stereocenters. The Labute approximate surface area is 85.8 Å². The molecule has 0 aliphatic heterocycles. The first-order chi connectivity index (χ1) is 6.63. The maximum Gasteiger partial charge on any atom is 0.201 e. The van der Waals surface area contributed by atoms with E-state index in [4.69, 9.17) is 0 Å². The van der Waals surface area contributed by atoms with Gasteiger partial charge in [0.05, 0.1) is 0 Å². The molecule has 1 heterocycles. The molecule has 1 aromatic heterocycles. The molecule has 0 saturated carbocycles. The van der Waals surface area contributed by atoms with Crippen LogP contribution in [0.25, 0.3) is 0 Å². The van der Waals surface area contributed by atoms with Gasteiger partial charge < -0.3 is 0 Å². The van der Waals surface area contributed by atoms with Crippen molar-refractivity contribution in [3.63, 3.8) is 0 Å². The van der Waals surface area contributed by atoms with E-state index in [2.05, 4.69) is 24.4 Å². The lowest BCUT2D eigenvalue weighted by molar-refractivity contribution is 0.0964. The highest BCUT2D eigenvalue weighted by atomic mass is 31.0. The zero-order chi connectivity index (χ0) is 10.6. The van der Waals surface area contributed by atoms with Crippen LogP contribution in [0.4, 0.5) is 0 Å². The largest absolute Gasteiger partial charge is 0.297 e. The van der Waals surface area contributed by atoms with Gasteiger partial charge in [-0.1, -0.05) is 9.39 Å². The lowest BCUT2D eigenvalue weighted by atomic mass is 10.1. The van der Waals surface area contributed by atoms with Crippen molar-refractivity contribution in [3.05, 3.63) is 23.8 Å². The lowest BCUT2D eigenvalue weighted by Gasteiger charge is -2.07. The van der Waals surface area contributed by atoms with E-state index in [9.17, 15) is 4.79 Å². The van der Waals surface area contributed by atoms with Gasteiger partial charge in [-0.05, 0) is 19.4 Å². The van der Waals surface area contributed by atoms with Crippen LogP contribution in [0.15, 0.2) is 12.4 Å². The topological polar surface area (TPSA) is 54.9 Å². The van der Waals surface area contributed by atoms with Crippen LogP contribution in [0, 0.1) is 6.92 Å². The van der Waals surface area contributed by atoms with E-state index >= 15 is 0 Å². The van der Waals surface area contributed by atoms with E-state index in [0.29, 0.717) is 12.2 Å². The van der Waals surface area contributed by atoms with Gasteiger partial charge in [0.1, 0.15) is 0 Å². The lowest BCUT2D eigenvalue weighted by Crippen LogP contribution is -2.21. The molecule has 1 N–H and O–H groups in total. The molecule has 1 aromatic rings. The summed E-state index contributed by atoms with van der Waals surface area (Å²) in [5, 5.41) is 2.92. The van der Waals surface area contributed by atoms with Gasteiger partial charge in [-0.3, -0.25) is 9.88 Å². The molecule has 0 fully saturated rings. The molecule has 0 aliphatic rings. The number of hydrogen-bond donors (Lipinski definition) is 1. The van der Waals surface area contributed by atoms with Gasteiger partial charge in [0.2, 0.25) is 5.78 Å². The molecule has 0 aliphatic carbocycles. The third-order valence-electron chi connectivity index (χ3n) is 1.81. The Kier molecular flexibility index (Phi) is 4.11. The summed E-state index contributed by atoms with van der Waals surface area (Å²) in [6, 6.07) is 0.123. The fraction of sp³-hybridized carbons (Fsp3) is 0.444. The summed E-state index contributed by atoms with van der Waals surface area (Å²) < 4.78 is 0. The average molecular weight is 211 g/mol. The number of nitrogens with zero attached hydrogens (tertiary/aromatic N) is 2. The molecule has 0 bridgehead atoms. The second kappa shape index (κ2) is 5.13. The summed E-state index contributed by atoms with van der Waals surface area (Å²) in [6.07, 6.45) is 3.71. The van der Waals surface area contributed by atoms with Crippen molar-refractivity contribution in [1.82, 2.24) is 15.1 Å². The minimum atomic E-state index is -0.0348. The number of aryl methyl sites for hydroxylation is 1. The minimum absolute atomic E-state index is 0.0348. The van der Waals surface area contributed by atoms with Crippen molar-refractivity contribution in [2.24, 2.45) is 0 Å².